The lowest BCUT2D eigenvalue weighted by atomic mass is 10.1. The summed E-state index contributed by atoms with van der Waals surface area (Å²) in [5.41, 5.74) is 15.7. The first kappa shape index (κ1) is 34.7. The lowest BCUT2D eigenvalue weighted by Crippen LogP contribution is -2.09. The SMILES string of the molecule is c1ccc(N(c2ccccc2)c2ccc(-c3cc4c(cc(-c5ccc(N(c6ccccc6)c6ccccc6)cc5)n4-c4ccccc4)n3-c3ccccc3)cc2)cc1. The Labute approximate surface area is 339 Å². The predicted molar refractivity (Wildman–Crippen MR) is 243 cm³/mol. The summed E-state index contributed by atoms with van der Waals surface area (Å²) >= 11 is 0. The fourth-order valence-corrected chi connectivity index (χ4v) is 8.05. The maximum Gasteiger partial charge on any atom is 0.0724 e. The highest BCUT2D eigenvalue weighted by Gasteiger charge is 2.22. The molecule has 0 atom stereocenters. The van der Waals surface area contributed by atoms with Gasteiger partial charge in [-0.25, -0.2) is 0 Å². The first-order valence-electron chi connectivity index (χ1n) is 19.7. The highest BCUT2D eigenvalue weighted by Crippen LogP contribution is 2.42. The number of rotatable bonds is 10. The average Bonchev–Trinajstić information content (AvgIpc) is 3.86. The van der Waals surface area contributed by atoms with Gasteiger partial charge in [0.1, 0.15) is 0 Å². The highest BCUT2D eigenvalue weighted by atomic mass is 15.1. The normalized spacial score (nSPS) is 11.1. The van der Waals surface area contributed by atoms with Crippen LogP contribution in [0, 0.1) is 0 Å². The maximum atomic E-state index is 2.40. The van der Waals surface area contributed by atoms with Crippen LogP contribution in [0.15, 0.2) is 243 Å². The molecule has 2 heterocycles. The molecule has 0 N–H and O–H groups in total. The average molecular weight is 745 g/mol. The van der Waals surface area contributed by atoms with E-state index in [2.05, 4.69) is 262 Å². The van der Waals surface area contributed by atoms with Crippen molar-refractivity contribution in [2.45, 2.75) is 0 Å². The molecule has 0 aliphatic carbocycles. The van der Waals surface area contributed by atoms with Gasteiger partial charge in [0.25, 0.3) is 0 Å². The van der Waals surface area contributed by atoms with Crippen LogP contribution in [0.3, 0.4) is 0 Å². The van der Waals surface area contributed by atoms with Gasteiger partial charge in [-0.1, -0.05) is 133 Å². The van der Waals surface area contributed by atoms with Gasteiger partial charge < -0.3 is 18.9 Å². The summed E-state index contributed by atoms with van der Waals surface area (Å²) in [6.07, 6.45) is 0. The number of aromatic nitrogens is 2. The number of para-hydroxylation sites is 6. The first-order chi connectivity index (χ1) is 28.8. The van der Waals surface area contributed by atoms with Crippen LogP contribution in [0.4, 0.5) is 34.1 Å². The van der Waals surface area contributed by atoms with Crippen LogP contribution in [0.25, 0.3) is 44.9 Å². The van der Waals surface area contributed by atoms with E-state index in [0.717, 1.165) is 79.0 Å². The Morgan fingerprint density at radius 2 is 0.483 bits per heavy atom. The Balaban J connectivity index is 1.11. The molecule has 4 nitrogen and oxygen atoms in total. The van der Waals surface area contributed by atoms with Gasteiger partial charge in [0, 0.05) is 45.5 Å². The van der Waals surface area contributed by atoms with Gasteiger partial charge in [0.15, 0.2) is 0 Å². The monoisotopic (exact) mass is 744 g/mol. The molecule has 0 saturated heterocycles. The van der Waals surface area contributed by atoms with Crippen LogP contribution in [0.1, 0.15) is 0 Å². The molecule has 0 spiro atoms. The highest BCUT2D eigenvalue weighted by molar-refractivity contribution is 5.94. The molecule has 58 heavy (non-hydrogen) atoms. The molecule has 0 radical (unpaired) electrons. The van der Waals surface area contributed by atoms with Crippen molar-refractivity contribution in [1.29, 1.82) is 0 Å². The van der Waals surface area contributed by atoms with Gasteiger partial charge in [0.05, 0.1) is 22.4 Å². The maximum absolute atomic E-state index is 2.40. The van der Waals surface area contributed by atoms with Gasteiger partial charge >= 0.3 is 0 Å². The number of benzene rings is 8. The second kappa shape index (κ2) is 15.4. The molecular formula is C54H40N4. The van der Waals surface area contributed by atoms with E-state index < -0.39 is 0 Å². The van der Waals surface area contributed by atoms with Crippen molar-refractivity contribution in [3.63, 3.8) is 0 Å². The van der Waals surface area contributed by atoms with Gasteiger partial charge in [-0.2, -0.15) is 0 Å². The molecular weight excluding hydrogens is 705 g/mol. The minimum Gasteiger partial charge on any atom is -0.311 e. The van der Waals surface area contributed by atoms with E-state index >= 15 is 0 Å². The fraction of sp³-hybridized carbons (Fsp3) is 0. The van der Waals surface area contributed by atoms with Crippen molar-refractivity contribution < 1.29 is 0 Å². The van der Waals surface area contributed by atoms with Gasteiger partial charge in [-0.3, -0.25) is 0 Å². The van der Waals surface area contributed by atoms with Crippen LogP contribution >= 0.6 is 0 Å². The van der Waals surface area contributed by atoms with Crippen LogP contribution in [0.2, 0.25) is 0 Å². The number of fused-ring (bicyclic) bond motifs is 1. The van der Waals surface area contributed by atoms with Crippen molar-refractivity contribution in [1.82, 2.24) is 9.13 Å². The molecule has 276 valence electrons. The third-order valence-electron chi connectivity index (χ3n) is 10.7. The number of hydrogen-bond donors (Lipinski definition) is 0. The molecule has 8 aromatic carbocycles. The molecule has 0 aliphatic heterocycles. The lowest BCUT2D eigenvalue weighted by molar-refractivity contribution is 1.13. The van der Waals surface area contributed by atoms with Crippen molar-refractivity contribution in [3.8, 4) is 33.9 Å². The Kier molecular flexibility index (Phi) is 9.18. The van der Waals surface area contributed by atoms with E-state index in [1.807, 2.05) is 0 Å². The van der Waals surface area contributed by atoms with Crippen LogP contribution in [-0.4, -0.2) is 9.13 Å². The summed E-state index contributed by atoms with van der Waals surface area (Å²) < 4.78 is 4.81. The zero-order chi connectivity index (χ0) is 38.7. The van der Waals surface area contributed by atoms with Crippen LogP contribution < -0.4 is 9.80 Å². The number of nitrogens with zero attached hydrogens (tertiary/aromatic N) is 4. The topological polar surface area (TPSA) is 16.3 Å². The van der Waals surface area contributed by atoms with E-state index in [0.29, 0.717) is 0 Å². The summed E-state index contributed by atoms with van der Waals surface area (Å²) in [6, 6.07) is 86.2. The number of hydrogen-bond acceptors (Lipinski definition) is 2. The van der Waals surface area contributed by atoms with Crippen molar-refractivity contribution in [2.75, 3.05) is 9.80 Å². The lowest BCUT2D eigenvalue weighted by Gasteiger charge is -2.25. The predicted octanol–water partition coefficient (Wildman–Crippen LogP) is 14.7. The van der Waals surface area contributed by atoms with E-state index in [1.54, 1.807) is 0 Å². The minimum absolute atomic E-state index is 1.10. The molecule has 10 aromatic rings. The molecule has 0 aliphatic rings. The van der Waals surface area contributed by atoms with Crippen molar-refractivity contribution >= 4 is 45.2 Å². The van der Waals surface area contributed by atoms with Crippen molar-refractivity contribution in [3.05, 3.63) is 243 Å². The zero-order valence-corrected chi connectivity index (χ0v) is 31.9. The quantitative estimate of drug-likeness (QED) is 0.139. The molecule has 0 saturated carbocycles. The summed E-state index contributed by atoms with van der Waals surface area (Å²) in [4.78, 5) is 4.60. The standard InChI is InChI=1S/C54H40N4/c1-7-19-43(20-8-1)55(44-21-9-2-10-22-44)49-35-31-41(32-36-49)51-39-53-54(57(51)47-27-15-5-16-28-47)40-52(58(53)48-29-17-6-18-30-48)42-33-37-50(38-34-42)56(45-23-11-3-12-24-45)46-25-13-4-14-26-46/h1-40H. The Morgan fingerprint density at radius 3 is 0.759 bits per heavy atom. The van der Waals surface area contributed by atoms with Crippen LogP contribution in [0.5, 0.6) is 0 Å². The fourth-order valence-electron chi connectivity index (χ4n) is 8.05. The second-order valence-corrected chi connectivity index (χ2v) is 14.3. The summed E-state index contributed by atoms with van der Waals surface area (Å²) in [5, 5.41) is 0. The summed E-state index contributed by atoms with van der Waals surface area (Å²) in [6.45, 7) is 0. The molecule has 0 unspecified atom stereocenters. The second-order valence-electron chi connectivity index (χ2n) is 14.3. The van der Waals surface area contributed by atoms with E-state index in [1.165, 1.54) is 0 Å². The Bertz CT molecular complexity index is 2600. The van der Waals surface area contributed by atoms with Crippen molar-refractivity contribution in [2.24, 2.45) is 0 Å². The third-order valence-corrected chi connectivity index (χ3v) is 10.7. The number of anilines is 6. The third kappa shape index (κ3) is 6.53. The largest absolute Gasteiger partial charge is 0.311 e. The molecule has 4 heteroatoms. The molecule has 0 amide bonds. The zero-order valence-electron chi connectivity index (χ0n) is 31.9. The summed E-state index contributed by atoms with van der Waals surface area (Å²) in [7, 11) is 0. The van der Waals surface area contributed by atoms with Gasteiger partial charge in [-0.05, 0) is 120 Å². The Hall–Kier alpha value is -7.82. The molecule has 0 bridgehead atoms. The van der Waals surface area contributed by atoms with E-state index in [-0.39, 0.29) is 0 Å². The summed E-state index contributed by atoms with van der Waals surface area (Å²) in [5.74, 6) is 0. The first-order valence-corrected chi connectivity index (χ1v) is 19.7. The smallest absolute Gasteiger partial charge is 0.0724 e. The molecule has 2 aromatic heterocycles. The Morgan fingerprint density at radius 1 is 0.241 bits per heavy atom. The van der Waals surface area contributed by atoms with Gasteiger partial charge in [-0.15, -0.1) is 0 Å². The molecule has 0 fully saturated rings. The van der Waals surface area contributed by atoms with Crippen LogP contribution in [-0.2, 0) is 0 Å². The van der Waals surface area contributed by atoms with Gasteiger partial charge in [0.2, 0.25) is 0 Å². The van der Waals surface area contributed by atoms with E-state index in [4.69, 9.17) is 0 Å². The molecule has 10 rings (SSSR count). The minimum atomic E-state index is 1.10. The van der Waals surface area contributed by atoms with E-state index in [9.17, 15) is 0 Å².